The lowest BCUT2D eigenvalue weighted by Gasteiger charge is -2.00. The Hall–Kier alpha value is -0.450. The van der Waals surface area contributed by atoms with Crippen LogP contribution in [-0.2, 0) is 4.79 Å². The summed E-state index contributed by atoms with van der Waals surface area (Å²) in [5.74, 6) is 4.50. The van der Waals surface area contributed by atoms with Crippen LogP contribution in [0.5, 0.6) is 0 Å². The molecular weight excluding hydrogens is 96.0 g/mol. The SMILES string of the molecule is CC(=O)CN(N)O. The first kappa shape index (κ1) is 6.55. The molecule has 7 heavy (non-hydrogen) atoms. The molecule has 0 radical (unpaired) electrons. The van der Waals surface area contributed by atoms with E-state index in [1.807, 2.05) is 0 Å². The van der Waals surface area contributed by atoms with Crippen LogP contribution in [0.1, 0.15) is 6.92 Å². The van der Waals surface area contributed by atoms with Crippen molar-refractivity contribution in [2.24, 2.45) is 5.84 Å². The van der Waals surface area contributed by atoms with Crippen LogP contribution in [0, 0.1) is 0 Å². The van der Waals surface area contributed by atoms with Gasteiger partial charge in [0.15, 0.2) is 0 Å². The third kappa shape index (κ3) is 5.55. The molecule has 0 atom stereocenters. The molecule has 0 heterocycles. The predicted octanol–water partition coefficient (Wildman–Crippen LogP) is -0.860. The summed E-state index contributed by atoms with van der Waals surface area (Å²) in [6.45, 7) is 1.23. The van der Waals surface area contributed by atoms with Gasteiger partial charge >= 0.3 is 0 Å². The summed E-state index contributed by atoms with van der Waals surface area (Å²) in [6.07, 6.45) is 0. The first-order valence-corrected chi connectivity index (χ1v) is 1.83. The van der Waals surface area contributed by atoms with Crippen LogP contribution in [-0.4, -0.2) is 22.7 Å². The second-order valence-electron chi connectivity index (χ2n) is 1.30. The Morgan fingerprint density at radius 3 is 2.43 bits per heavy atom. The van der Waals surface area contributed by atoms with Crippen molar-refractivity contribution < 1.29 is 10.0 Å². The number of hydrogen-bond donors (Lipinski definition) is 2. The van der Waals surface area contributed by atoms with Crippen LogP contribution in [0.2, 0.25) is 0 Å². The summed E-state index contributed by atoms with van der Waals surface area (Å²) in [6, 6.07) is 0. The van der Waals surface area contributed by atoms with Crippen LogP contribution in [0.3, 0.4) is 0 Å². The van der Waals surface area contributed by atoms with Gasteiger partial charge in [-0.25, -0.2) is 5.84 Å². The van der Waals surface area contributed by atoms with E-state index in [9.17, 15) is 4.79 Å². The number of hydrazine groups is 1. The number of carbonyl (C=O) groups excluding carboxylic acids is 1. The van der Waals surface area contributed by atoms with Crippen molar-refractivity contribution in [3.05, 3.63) is 0 Å². The van der Waals surface area contributed by atoms with Crippen molar-refractivity contribution in [2.45, 2.75) is 6.92 Å². The van der Waals surface area contributed by atoms with Gasteiger partial charge in [-0.3, -0.25) is 10.0 Å². The van der Waals surface area contributed by atoms with Crippen LogP contribution >= 0.6 is 0 Å². The number of nitrogens with two attached hydrogens (primary N) is 1. The van der Waals surface area contributed by atoms with Crippen molar-refractivity contribution >= 4 is 5.78 Å². The molecule has 0 fully saturated rings. The van der Waals surface area contributed by atoms with E-state index >= 15 is 0 Å². The summed E-state index contributed by atoms with van der Waals surface area (Å²) < 4.78 is 0. The van der Waals surface area contributed by atoms with Gasteiger partial charge in [0.1, 0.15) is 5.78 Å². The van der Waals surface area contributed by atoms with E-state index in [2.05, 4.69) is 5.84 Å². The van der Waals surface area contributed by atoms with E-state index in [4.69, 9.17) is 5.21 Å². The largest absolute Gasteiger partial charge is 0.299 e. The standard InChI is InChI=1S/C3H8N2O2/c1-3(6)2-5(4)7/h7H,2,4H2,1H3. The van der Waals surface area contributed by atoms with E-state index in [1.165, 1.54) is 6.92 Å². The van der Waals surface area contributed by atoms with Crippen molar-refractivity contribution in [3.63, 3.8) is 0 Å². The average Bonchev–Trinajstić information content (AvgIpc) is 1.27. The lowest BCUT2D eigenvalue weighted by atomic mass is 10.5. The number of hydrogen-bond acceptors (Lipinski definition) is 4. The molecule has 0 saturated heterocycles. The average molecular weight is 104 g/mol. The lowest BCUT2D eigenvalue weighted by molar-refractivity contribution is -0.134. The predicted molar refractivity (Wildman–Crippen MR) is 23.4 cm³/mol. The second kappa shape index (κ2) is 2.68. The van der Waals surface area contributed by atoms with Gasteiger partial charge in [-0.05, 0) is 6.92 Å². The van der Waals surface area contributed by atoms with Gasteiger partial charge in [0.25, 0.3) is 0 Å². The summed E-state index contributed by atoms with van der Waals surface area (Å²) >= 11 is 0. The molecule has 0 aliphatic rings. The Bertz CT molecular complexity index is 71.3. The smallest absolute Gasteiger partial charge is 0.147 e. The lowest BCUT2D eigenvalue weighted by Crippen LogP contribution is -2.31. The monoisotopic (exact) mass is 104 g/mol. The number of rotatable bonds is 2. The maximum Gasteiger partial charge on any atom is 0.147 e. The Labute approximate surface area is 41.4 Å². The van der Waals surface area contributed by atoms with Gasteiger partial charge in [0, 0.05) is 0 Å². The highest BCUT2D eigenvalue weighted by Crippen LogP contribution is 1.68. The van der Waals surface area contributed by atoms with E-state index in [1.54, 1.807) is 0 Å². The summed E-state index contributed by atoms with van der Waals surface area (Å²) in [5.41, 5.74) is 0. The molecule has 0 aromatic carbocycles. The number of ketones is 1. The Kier molecular flexibility index (Phi) is 2.51. The fraction of sp³-hybridized carbons (Fsp3) is 0.667. The number of Topliss-reactive ketones (excluding diaryl/α,β-unsaturated/α-hetero) is 1. The van der Waals surface area contributed by atoms with Crippen molar-refractivity contribution in [1.82, 2.24) is 5.17 Å². The van der Waals surface area contributed by atoms with Crippen molar-refractivity contribution in [2.75, 3.05) is 6.54 Å². The molecule has 0 aromatic rings. The molecule has 0 aliphatic heterocycles. The topological polar surface area (TPSA) is 66.6 Å². The quantitative estimate of drug-likeness (QED) is 0.353. The highest BCUT2D eigenvalue weighted by atomic mass is 16.5. The van der Waals surface area contributed by atoms with E-state index < -0.39 is 0 Å². The minimum absolute atomic E-state index is 0.111. The molecule has 4 heteroatoms. The zero-order chi connectivity index (χ0) is 5.86. The normalized spacial score (nSPS) is 9.71. The number of nitrogens with zero attached hydrogens (tertiary/aromatic N) is 1. The number of carbonyl (C=O) groups is 1. The maximum absolute atomic E-state index is 9.97. The van der Waals surface area contributed by atoms with E-state index in [-0.39, 0.29) is 12.3 Å². The third-order valence-corrected chi connectivity index (χ3v) is 0.385. The molecule has 3 N–H and O–H groups in total. The Morgan fingerprint density at radius 1 is 2.00 bits per heavy atom. The molecule has 0 spiro atoms. The zero-order valence-corrected chi connectivity index (χ0v) is 4.09. The summed E-state index contributed by atoms with van der Waals surface area (Å²) in [4.78, 5) is 9.97. The zero-order valence-electron chi connectivity index (χ0n) is 4.09. The highest BCUT2D eigenvalue weighted by Gasteiger charge is 1.93. The van der Waals surface area contributed by atoms with Gasteiger partial charge < -0.3 is 0 Å². The van der Waals surface area contributed by atoms with Gasteiger partial charge in [-0.2, -0.15) is 0 Å². The molecular formula is C3H8N2O2. The van der Waals surface area contributed by atoms with Gasteiger partial charge in [-0.15, -0.1) is 5.17 Å². The van der Waals surface area contributed by atoms with Crippen molar-refractivity contribution in [1.29, 1.82) is 0 Å². The van der Waals surface area contributed by atoms with E-state index in [0.29, 0.717) is 5.17 Å². The molecule has 4 nitrogen and oxygen atoms in total. The van der Waals surface area contributed by atoms with Gasteiger partial charge in [0.2, 0.25) is 0 Å². The first-order valence-electron chi connectivity index (χ1n) is 1.83. The van der Waals surface area contributed by atoms with Crippen LogP contribution in [0.25, 0.3) is 0 Å². The molecule has 0 amide bonds. The molecule has 0 rings (SSSR count). The maximum atomic E-state index is 9.97. The van der Waals surface area contributed by atoms with Crippen LogP contribution in [0.4, 0.5) is 0 Å². The second-order valence-corrected chi connectivity index (χ2v) is 1.30. The molecule has 0 bridgehead atoms. The minimum Gasteiger partial charge on any atom is -0.299 e. The molecule has 0 saturated carbocycles. The minimum atomic E-state index is -0.162. The van der Waals surface area contributed by atoms with Crippen LogP contribution < -0.4 is 5.84 Å². The molecule has 0 aliphatic carbocycles. The molecule has 0 aromatic heterocycles. The molecule has 42 valence electrons. The fourth-order valence-electron chi connectivity index (χ4n) is 0.228. The highest BCUT2D eigenvalue weighted by molar-refractivity contribution is 5.77. The molecule has 0 unspecified atom stereocenters. The first-order chi connectivity index (χ1) is 3.13. The van der Waals surface area contributed by atoms with Crippen LogP contribution in [0.15, 0.2) is 0 Å². The summed E-state index contributed by atoms with van der Waals surface area (Å²) in [7, 11) is 0. The Balaban J connectivity index is 3.13. The third-order valence-electron chi connectivity index (χ3n) is 0.385. The van der Waals surface area contributed by atoms with E-state index in [0.717, 1.165) is 0 Å². The van der Waals surface area contributed by atoms with Crippen molar-refractivity contribution in [3.8, 4) is 0 Å². The van der Waals surface area contributed by atoms with Gasteiger partial charge in [0.05, 0.1) is 6.54 Å². The Morgan fingerprint density at radius 2 is 2.43 bits per heavy atom. The fourth-order valence-corrected chi connectivity index (χ4v) is 0.228. The number of hydroxylamine groups is 1. The van der Waals surface area contributed by atoms with Gasteiger partial charge in [-0.1, -0.05) is 0 Å². The summed E-state index contributed by atoms with van der Waals surface area (Å²) in [5, 5.41) is 8.46.